The molecular weight excluding hydrogens is 415 g/mol. The minimum Gasteiger partial charge on any atom is -0.379 e. The van der Waals surface area contributed by atoms with Crippen molar-refractivity contribution in [1.29, 1.82) is 0 Å². The van der Waals surface area contributed by atoms with Gasteiger partial charge in [0.25, 0.3) is 0 Å². The Kier molecular flexibility index (Phi) is 15.1. The van der Waals surface area contributed by atoms with Gasteiger partial charge in [0.1, 0.15) is 0 Å². The average molecular weight is 454 g/mol. The van der Waals surface area contributed by atoms with Crippen molar-refractivity contribution in [2.75, 3.05) is 59.5 Å². The van der Waals surface area contributed by atoms with Crippen LogP contribution in [0.1, 0.15) is 46.5 Å². The van der Waals surface area contributed by atoms with E-state index in [0.29, 0.717) is 0 Å². The van der Waals surface area contributed by atoms with Crippen LogP contribution in [-0.2, 0) is 4.74 Å². The van der Waals surface area contributed by atoms with Gasteiger partial charge in [0.2, 0.25) is 0 Å². The minimum absolute atomic E-state index is 0. The largest absolute Gasteiger partial charge is 0.379 e. The van der Waals surface area contributed by atoms with Gasteiger partial charge in [-0.2, -0.15) is 0 Å². The van der Waals surface area contributed by atoms with Crippen LogP contribution in [0.25, 0.3) is 0 Å². The van der Waals surface area contributed by atoms with Crippen LogP contribution in [0.5, 0.6) is 0 Å². The zero-order chi connectivity index (χ0) is 16.9. The first-order valence-corrected chi connectivity index (χ1v) is 9.50. The molecule has 6 heteroatoms. The molecule has 0 bridgehead atoms. The summed E-state index contributed by atoms with van der Waals surface area (Å²) in [5.41, 5.74) is 0. The van der Waals surface area contributed by atoms with E-state index in [0.717, 1.165) is 64.2 Å². The standard InChI is InChI=1S/C18H38N4O.HI/c1-5-19-18(20-12-8-9-13-22(6-2)7-3)21(4)14-15-23-16-17-10-11-17;/h17H,5-16H2,1-4H3,(H,19,20);1H. The lowest BCUT2D eigenvalue weighted by molar-refractivity contribution is 0.115. The third kappa shape index (κ3) is 11.5. The lowest BCUT2D eigenvalue weighted by atomic mass is 10.3. The number of ether oxygens (including phenoxy) is 1. The highest BCUT2D eigenvalue weighted by Gasteiger charge is 2.21. The maximum Gasteiger partial charge on any atom is 0.193 e. The smallest absolute Gasteiger partial charge is 0.193 e. The number of hydrogen-bond donors (Lipinski definition) is 1. The molecule has 24 heavy (non-hydrogen) atoms. The zero-order valence-corrected chi connectivity index (χ0v) is 18.6. The molecule has 0 unspecified atom stereocenters. The summed E-state index contributed by atoms with van der Waals surface area (Å²) in [5.74, 6) is 1.85. The zero-order valence-electron chi connectivity index (χ0n) is 16.2. The second kappa shape index (κ2) is 15.2. The Hall–Kier alpha value is -0.0800. The Morgan fingerprint density at radius 3 is 2.42 bits per heavy atom. The first-order chi connectivity index (χ1) is 11.2. The first-order valence-electron chi connectivity index (χ1n) is 9.50. The van der Waals surface area contributed by atoms with E-state index in [9.17, 15) is 0 Å². The molecule has 0 aromatic heterocycles. The molecule has 1 aliphatic carbocycles. The number of guanidine groups is 1. The Morgan fingerprint density at radius 1 is 1.12 bits per heavy atom. The van der Waals surface area contributed by atoms with Gasteiger partial charge in [-0.3, -0.25) is 4.99 Å². The molecule has 1 saturated carbocycles. The fourth-order valence-corrected chi connectivity index (χ4v) is 2.48. The monoisotopic (exact) mass is 454 g/mol. The number of aliphatic imine (C=N–C) groups is 1. The number of nitrogens with zero attached hydrogens (tertiary/aromatic N) is 3. The van der Waals surface area contributed by atoms with Crippen LogP contribution < -0.4 is 5.32 Å². The normalized spacial score (nSPS) is 14.6. The van der Waals surface area contributed by atoms with Crippen molar-refractivity contribution >= 4 is 29.9 Å². The van der Waals surface area contributed by atoms with Crippen LogP contribution in [0, 0.1) is 5.92 Å². The van der Waals surface area contributed by atoms with Crippen molar-refractivity contribution in [3.63, 3.8) is 0 Å². The summed E-state index contributed by atoms with van der Waals surface area (Å²) < 4.78 is 5.72. The number of nitrogens with one attached hydrogen (secondary N) is 1. The number of unbranched alkanes of at least 4 members (excludes halogenated alkanes) is 1. The molecule has 0 aromatic rings. The highest BCUT2D eigenvalue weighted by molar-refractivity contribution is 14.0. The van der Waals surface area contributed by atoms with E-state index in [2.05, 4.69) is 42.9 Å². The van der Waals surface area contributed by atoms with Crippen LogP contribution in [0.4, 0.5) is 0 Å². The molecule has 0 amide bonds. The van der Waals surface area contributed by atoms with Gasteiger partial charge >= 0.3 is 0 Å². The van der Waals surface area contributed by atoms with Crippen LogP contribution in [0.3, 0.4) is 0 Å². The molecule has 0 spiro atoms. The molecule has 0 heterocycles. The second-order valence-corrected chi connectivity index (χ2v) is 6.41. The van der Waals surface area contributed by atoms with Gasteiger partial charge < -0.3 is 19.9 Å². The molecule has 0 radical (unpaired) electrons. The third-order valence-electron chi connectivity index (χ3n) is 4.36. The third-order valence-corrected chi connectivity index (χ3v) is 4.36. The van der Waals surface area contributed by atoms with Gasteiger partial charge in [0.05, 0.1) is 6.61 Å². The Balaban J connectivity index is 0.00000529. The van der Waals surface area contributed by atoms with Crippen LogP contribution in [0.15, 0.2) is 4.99 Å². The van der Waals surface area contributed by atoms with E-state index in [1.54, 1.807) is 0 Å². The molecule has 144 valence electrons. The van der Waals surface area contributed by atoms with E-state index < -0.39 is 0 Å². The van der Waals surface area contributed by atoms with Gasteiger partial charge in [0, 0.05) is 33.3 Å². The first kappa shape index (κ1) is 23.9. The fourth-order valence-electron chi connectivity index (χ4n) is 2.48. The Morgan fingerprint density at radius 2 is 1.83 bits per heavy atom. The molecule has 5 nitrogen and oxygen atoms in total. The summed E-state index contributed by atoms with van der Waals surface area (Å²) in [5, 5.41) is 3.38. The van der Waals surface area contributed by atoms with Crippen molar-refractivity contribution in [2.24, 2.45) is 10.9 Å². The summed E-state index contributed by atoms with van der Waals surface area (Å²) in [6.07, 6.45) is 5.08. The fraction of sp³-hybridized carbons (Fsp3) is 0.944. The summed E-state index contributed by atoms with van der Waals surface area (Å²) in [6, 6.07) is 0. The number of rotatable bonds is 13. The Bertz CT molecular complexity index is 320. The quantitative estimate of drug-likeness (QED) is 0.201. The lowest BCUT2D eigenvalue weighted by Crippen LogP contribution is -2.40. The van der Waals surface area contributed by atoms with Crippen molar-refractivity contribution in [1.82, 2.24) is 15.1 Å². The van der Waals surface area contributed by atoms with Crippen molar-refractivity contribution in [3.8, 4) is 0 Å². The summed E-state index contributed by atoms with van der Waals surface area (Å²) in [4.78, 5) is 9.40. The lowest BCUT2D eigenvalue weighted by Gasteiger charge is -2.22. The van der Waals surface area contributed by atoms with Gasteiger partial charge in [-0.15, -0.1) is 24.0 Å². The molecular formula is C18H39IN4O. The van der Waals surface area contributed by atoms with Gasteiger partial charge in [-0.25, -0.2) is 0 Å². The summed E-state index contributed by atoms with van der Waals surface area (Å²) in [7, 11) is 2.10. The van der Waals surface area contributed by atoms with Crippen molar-refractivity contribution < 1.29 is 4.74 Å². The van der Waals surface area contributed by atoms with E-state index in [1.165, 1.54) is 25.8 Å². The van der Waals surface area contributed by atoms with E-state index in [-0.39, 0.29) is 24.0 Å². The van der Waals surface area contributed by atoms with E-state index >= 15 is 0 Å². The number of likely N-dealkylation sites (N-methyl/N-ethyl adjacent to an activating group) is 1. The van der Waals surface area contributed by atoms with E-state index in [4.69, 9.17) is 9.73 Å². The van der Waals surface area contributed by atoms with Gasteiger partial charge in [-0.05, 0) is 58.2 Å². The number of hydrogen-bond acceptors (Lipinski definition) is 3. The summed E-state index contributed by atoms with van der Waals surface area (Å²) >= 11 is 0. The Labute approximate surface area is 166 Å². The summed E-state index contributed by atoms with van der Waals surface area (Å²) in [6.45, 7) is 14.5. The molecule has 1 N–H and O–H groups in total. The van der Waals surface area contributed by atoms with Crippen LogP contribution in [-0.4, -0.2) is 75.3 Å². The maximum absolute atomic E-state index is 5.72. The molecule has 0 saturated heterocycles. The van der Waals surface area contributed by atoms with Gasteiger partial charge in [-0.1, -0.05) is 13.8 Å². The molecule has 0 atom stereocenters. The predicted molar refractivity (Wildman–Crippen MR) is 115 cm³/mol. The maximum atomic E-state index is 5.72. The highest BCUT2D eigenvalue weighted by Crippen LogP contribution is 2.28. The molecule has 1 aliphatic rings. The average Bonchev–Trinajstić information content (AvgIpc) is 3.38. The minimum atomic E-state index is 0. The topological polar surface area (TPSA) is 40.1 Å². The molecule has 0 aliphatic heterocycles. The predicted octanol–water partition coefficient (Wildman–Crippen LogP) is 3.05. The molecule has 1 fully saturated rings. The number of halogens is 1. The van der Waals surface area contributed by atoms with Crippen molar-refractivity contribution in [2.45, 2.75) is 46.5 Å². The van der Waals surface area contributed by atoms with Gasteiger partial charge in [0.15, 0.2) is 5.96 Å². The second-order valence-electron chi connectivity index (χ2n) is 6.41. The molecule has 1 rings (SSSR count). The molecule has 0 aromatic carbocycles. The van der Waals surface area contributed by atoms with Crippen LogP contribution >= 0.6 is 24.0 Å². The van der Waals surface area contributed by atoms with Crippen LogP contribution in [0.2, 0.25) is 0 Å². The highest BCUT2D eigenvalue weighted by atomic mass is 127. The SMILES string of the molecule is CCNC(=NCCCCN(CC)CC)N(C)CCOCC1CC1.I. The van der Waals surface area contributed by atoms with Crippen molar-refractivity contribution in [3.05, 3.63) is 0 Å². The van der Waals surface area contributed by atoms with E-state index in [1.807, 2.05) is 0 Å².